The molecule has 1 aliphatic heterocycles. The van der Waals surface area contributed by atoms with Crippen molar-refractivity contribution >= 4 is 44.2 Å². The first-order valence-corrected chi connectivity index (χ1v) is 13.4. The van der Waals surface area contributed by atoms with Crippen molar-refractivity contribution < 1.29 is 17.9 Å². The first kappa shape index (κ1) is 22.6. The van der Waals surface area contributed by atoms with Crippen LogP contribution in [0.15, 0.2) is 52.3 Å². The summed E-state index contributed by atoms with van der Waals surface area (Å²) in [5.74, 6) is 0.578. The van der Waals surface area contributed by atoms with Gasteiger partial charge in [0.05, 0.1) is 17.6 Å². The van der Waals surface area contributed by atoms with Crippen molar-refractivity contribution in [2.45, 2.75) is 22.6 Å². The smallest absolute Gasteiger partial charge is 0.263 e. The standard InChI is InChI=1S/C21H22N4O4S3/c1-29-15-7-5-14(6-8-15)19-22-23-21(31-19)24-32(27,28)16-9-10-18(30-2)17(13-16)20(26)25-11-3-4-12-25/h5-10,13H,3-4,11-12H2,1-2H3,(H,23,24). The summed E-state index contributed by atoms with van der Waals surface area (Å²) in [5, 5.41) is 8.78. The summed E-state index contributed by atoms with van der Waals surface area (Å²) in [7, 11) is -2.35. The van der Waals surface area contributed by atoms with Crippen LogP contribution in [0.5, 0.6) is 5.75 Å². The first-order valence-electron chi connectivity index (χ1n) is 9.89. The molecule has 0 saturated carbocycles. The third kappa shape index (κ3) is 4.74. The van der Waals surface area contributed by atoms with Gasteiger partial charge in [0.2, 0.25) is 5.13 Å². The molecule has 2 heterocycles. The fourth-order valence-electron chi connectivity index (χ4n) is 3.40. The van der Waals surface area contributed by atoms with Crippen LogP contribution in [-0.4, -0.2) is 55.9 Å². The summed E-state index contributed by atoms with van der Waals surface area (Å²) in [6, 6.07) is 11.9. The number of carbonyl (C=O) groups is 1. The minimum atomic E-state index is -3.94. The number of hydrogen-bond donors (Lipinski definition) is 1. The Bertz CT molecular complexity index is 1220. The van der Waals surface area contributed by atoms with Crippen LogP contribution in [0.3, 0.4) is 0 Å². The Morgan fingerprint density at radius 1 is 1.12 bits per heavy atom. The third-order valence-corrected chi connectivity index (χ3v) is 8.24. The number of carbonyl (C=O) groups excluding carboxylic acids is 1. The lowest BCUT2D eigenvalue weighted by Crippen LogP contribution is -2.28. The number of hydrogen-bond acceptors (Lipinski definition) is 8. The Morgan fingerprint density at radius 3 is 2.50 bits per heavy atom. The van der Waals surface area contributed by atoms with Crippen molar-refractivity contribution in [3.63, 3.8) is 0 Å². The monoisotopic (exact) mass is 490 g/mol. The Balaban J connectivity index is 1.57. The molecule has 4 rings (SSSR count). The van der Waals surface area contributed by atoms with Crippen molar-refractivity contribution in [3.8, 4) is 16.3 Å². The average molecular weight is 491 g/mol. The number of amides is 1. The number of sulfonamides is 1. The molecule has 0 atom stereocenters. The predicted octanol–water partition coefficient (Wildman–Crippen LogP) is 3.97. The number of thioether (sulfide) groups is 1. The van der Waals surface area contributed by atoms with Gasteiger partial charge in [-0.1, -0.05) is 11.3 Å². The van der Waals surface area contributed by atoms with E-state index in [1.807, 2.05) is 18.4 Å². The van der Waals surface area contributed by atoms with Crippen molar-refractivity contribution in [1.82, 2.24) is 15.1 Å². The van der Waals surface area contributed by atoms with Gasteiger partial charge in [0.1, 0.15) is 10.8 Å². The van der Waals surface area contributed by atoms with Crippen LogP contribution in [0.25, 0.3) is 10.6 Å². The highest BCUT2D eigenvalue weighted by molar-refractivity contribution is 7.98. The highest BCUT2D eigenvalue weighted by Gasteiger charge is 2.25. The predicted molar refractivity (Wildman–Crippen MR) is 126 cm³/mol. The molecule has 0 aliphatic carbocycles. The van der Waals surface area contributed by atoms with Crippen molar-refractivity contribution in [2.75, 3.05) is 31.2 Å². The molecule has 0 spiro atoms. The van der Waals surface area contributed by atoms with Crippen LogP contribution >= 0.6 is 23.1 Å². The molecule has 1 aliphatic rings. The number of likely N-dealkylation sites (tertiary alicyclic amines) is 1. The minimum absolute atomic E-state index is 0.0130. The fraction of sp³-hybridized carbons (Fsp3) is 0.286. The molecule has 3 aromatic rings. The van der Waals surface area contributed by atoms with Gasteiger partial charge in [-0.2, -0.15) is 0 Å². The molecule has 1 aromatic heterocycles. The molecule has 1 amide bonds. The van der Waals surface area contributed by atoms with Crippen molar-refractivity contribution in [3.05, 3.63) is 48.0 Å². The number of nitrogens with zero attached hydrogens (tertiary/aromatic N) is 3. The molecule has 1 saturated heterocycles. The molecule has 8 nitrogen and oxygen atoms in total. The minimum Gasteiger partial charge on any atom is -0.497 e. The maximum Gasteiger partial charge on any atom is 0.263 e. The summed E-state index contributed by atoms with van der Waals surface area (Å²) in [6.45, 7) is 1.39. The van der Waals surface area contributed by atoms with E-state index in [1.165, 1.54) is 23.9 Å². The van der Waals surface area contributed by atoms with Gasteiger partial charge in [0.25, 0.3) is 15.9 Å². The summed E-state index contributed by atoms with van der Waals surface area (Å²) >= 11 is 2.54. The van der Waals surface area contributed by atoms with Crippen LogP contribution in [0.4, 0.5) is 5.13 Å². The Labute approximate surface area is 195 Å². The van der Waals surface area contributed by atoms with E-state index in [0.717, 1.165) is 34.6 Å². The number of ether oxygens (including phenoxy) is 1. The number of methoxy groups -OCH3 is 1. The van der Waals surface area contributed by atoms with E-state index in [-0.39, 0.29) is 15.9 Å². The number of anilines is 1. The summed E-state index contributed by atoms with van der Waals surface area (Å²) < 4.78 is 33.6. The second-order valence-corrected chi connectivity index (χ2v) is 10.6. The van der Waals surface area contributed by atoms with Gasteiger partial charge in [-0.15, -0.1) is 22.0 Å². The SMILES string of the molecule is COc1ccc(-c2nnc(NS(=O)(=O)c3ccc(SC)c(C(=O)N4CCCC4)c3)s2)cc1. The van der Waals surface area contributed by atoms with Gasteiger partial charge in [-0.05, 0) is 61.6 Å². The van der Waals surface area contributed by atoms with Crippen LogP contribution in [0.1, 0.15) is 23.2 Å². The van der Waals surface area contributed by atoms with E-state index < -0.39 is 10.0 Å². The maximum atomic E-state index is 13.0. The number of rotatable bonds is 7. The fourth-order valence-corrected chi connectivity index (χ4v) is 5.98. The Morgan fingerprint density at radius 2 is 1.84 bits per heavy atom. The van der Waals surface area contributed by atoms with Crippen LogP contribution < -0.4 is 9.46 Å². The zero-order valence-electron chi connectivity index (χ0n) is 17.6. The van der Waals surface area contributed by atoms with Gasteiger partial charge >= 0.3 is 0 Å². The average Bonchev–Trinajstić information content (AvgIpc) is 3.50. The van der Waals surface area contributed by atoms with Gasteiger partial charge in [-0.25, -0.2) is 8.42 Å². The molecular weight excluding hydrogens is 468 g/mol. The first-order chi connectivity index (χ1) is 15.4. The summed E-state index contributed by atoms with van der Waals surface area (Å²) in [6.07, 6.45) is 3.80. The molecule has 1 N–H and O–H groups in total. The Hall–Kier alpha value is -2.63. The highest BCUT2D eigenvalue weighted by Crippen LogP contribution is 2.30. The van der Waals surface area contributed by atoms with E-state index in [0.29, 0.717) is 29.4 Å². The van der Waals surface area contributed by atoms with Crippen LogP contribution in [-0.2, 0) is 10.0 Å². The second kappa shape index (κ2) is 9.47. The third-order valence-electron chi connectivity index (χ3n) is 5.09. The number of nitrogens with one attached hydrogen (secondary N) is 1. The molecular formula is C21H22N4O4S3. The molecule has 32 heavy (non-hydrogen) atoms. The lowest BCUT2D eigenvalue weighted by Gasteiger charge is -2.18. The van der Waals surface area contributed by atoms with Gasteiger partial charge in [0, 0.05) is 23.5 Å². The maximum absolute atomic E-state index is 13.0. The Kier molecular flexibility index (Phi) is 6.68. The number of benzene rings is 2. The molecule has 2 aromatic carbocycles. The summed E-state index contributed by atoms with van der Waals surface area (Å²) in [5.41, 5.74) is 1.20. The molecule has 0 unspecified atom stereocenters. The lowest BCUT2D eigenvalue weighted by atomic mass is 10.2. The number of aromatic nitrogens is 2. The molecule has 0 bridgehead atoms. The van der Waals surface area contributed by atoms with E-state index in [1.54, 1.807) is 30.2 Å². The molecule has 0 radical (unpaired) electrons. The van der Waals surface area contributed by atoms with E-state index in [9.17, 15) is 13.2 Å². The largest absolute Gasteiger partial charge is 0.497 e. The van der Waals surface area contributed by atoms with Crippen LogP contribution in [0.2, 0.25) is 0 Å². The normalized spacial score (nSPS) is 13.9. The zero-order valence-corrected chi connectivity index (χ0v) is 20.0. The second-order valence-electron chi connectivity index (χ2n) is 7.11. The lowest BCUT2D eigenvalue weighted by molar-refractivity contribution is 0.0789. The van der Waals surface area contributed by atoms with Crippen molar-refractivity contribution in [2.24, 2.45) is 0 Å². The molecule has 1 fully saturated rings. The van der Waals surface area contributed by atoms with E-state index in [4.69, 9.17) is 4.74 Å². The van der Waals surface area contributed by atoms with Crippen LogP contribution in [0, 0.1) is 0 Å². The quantitative estimate of drug-likeness (QED) is 0.500. The van der Waals surface area contributed by atoms with Gasteiger partial charge in [-0.3, -0.25) is 9.52 Å². The highest BCUT2D eigenvalue weighted by atomic mass is 32.2. The zero-order chi connectivity index (χ0) is 22.7. The van der Waals surface area contributed by atoms with E-state index in [2.05, 4.69) is 14.9 Å². The molecule has 168 valence electrons. The van der Waals surface area contributed by atoms with Crippen molar-refractivity contribution in [1.29, 1.82) is 0 Å². The van der Waals surface area contributed by atoms with Gasteiger partial charge < -0.3 is 9.64 Å². The molecule has 11 heteroatoms. The van der Waals surface area contributed by atoms with E-state index >= 15 is 0 Å². The topological polar surface area (TPSA) is 101 Å². The summed E-state index contributed by atoms with van der Waals surface area (Å²) in [4.78, 5) is 15.5. The van der Waals surface area contributed by atoms with Gasteiger partial charge in [0.15, 0.2) is 0 Å².